The quantitative estimate of drug-likeness (QED) is 0.890. The monoisotopic (exact) mass is 355 g/mol. The van der Waals surface area contributed by atoms with E-state index in [0.29, 0.717) is 6.04 Å². The molecule has 2 fully saturated rings. The lowest BCUT2D eigenvalue weighted by Gasteiger charge is -2.20. The van der Waals surface area contributed by atoms with Crippen LogP contribution >= 0.6 is 0 Å². The van der Waals surface area contributed by atoms with Gasteiger partial charge in [0.1, 0.15) is 5.56 Å². The highest BCUT2D eigenvalue weighted by Gasteiger charge is 2.35. The molecule has 0 unspecified atom stereocenters. The van der Waals surface area contributed by atoms with Crippen molar-refractivity contribution in [1.29, 1.82) is 0 Å². The average Bonchev–Trinajstić information content (AvgIpc) is 3.23. The smallest absolute Gasteiger partial charge is 0.257 e. The van der Waals surface area contributed by atoms with Crippen LogP contribution in [0.25, 0.3) is 0 Å². The van der Waals surface area contributed by atoms with Crippen molar-refractivity contribution in [3.63, 3.8) is 0 Å². The predicted molar refractivity (Wildman–Crippen MR) is 98.4 cm³/mol. The summed E-state index contributed by atoms with van der Waals surface area (Å²) in [6.07, 6.45) is 7.60. The van der Waals surface area contributed by atoms with Crippen LogP contribution in [-0.2, 0) is 7.05 Å². The second-order valence-electron chi connectivity index (χ2n) is 7.67. The number of rotatable bonds is 4. The molecule has 3 heterocycles. The van der Waals surface area contributed by atoms with E-state index in [-0.39, 0.29) is 28.9 Å². The van der Waals surface area contributed by atoms with Gasteiger partial charge in [-0.3, -0.25) is 9.59 Å². The number of nitrogens with one attached hydrogen (secondary N) is 1. The predicted octanol–water partition coefficient (Wildman–Crippen LogP) is 1.05. The summed E-state index contributed by atoms with van der Waals surface area (Å²) in [5.41, 5.74) is 2.04. The zero-order chi connectivity index (χ0) is 18.4. The van der Waals surface area contributed by atoms with E-state index in [2.05, 4.69) is 19.8 Å². The molecule has 0 aromatic carbocycles. The molecule has 2 aromatic rings. The maximum Gasteiger partial charge on any atom is 0.257 e. The van der Waals surface area contributed by atoms with Gasteiger partial charge < -0.3 is 19.4 Å². The van der Waals surface area contributed by atoms with Crippen molar-refractivity contribution < 1.29 is 4.79 Å². The molecule has 1 saturated carbocycles. The second kappa shape index (κ2) is 6.39. The van der Waals surface area contributed by atoms with Crippen LogP contribution in [0.15, 0.2) is 29.6 Å². The van der Waals surface area contributed by atoms with Crippen molar-refractivity contribution in [3.05, 3.63) is 52.0 Å². The Balaban J connectivity index is 1.58. The summed E-state index contributed by atoms with van der Waals surface area (Å²) < 4.78 is 4.06. The molecule has 7 heteroatoms. The van der Waals surface area contributed by atoms with Gasteiger partial charge in [-0.25, -0.2) is 4.98 Å². The number of nitrogens with zero attached hydrogens (tertiary/aromatic N) is 4. The maximum atomic E-state index is 12.9. The number of hydrogen-bond acceptors (Lipinski definition) is 4. The Morgan fingerprint density at radius 2 is 2.04 bits per heavy atom. The number of hydrogen-bond donors (Lipinski definition) is 1. The normalized spacial score (nSPS) is 23.3. The molecule has 1 aliphatic carbocycles. The van der Waals surface area contributed by atoms with Crippen LogP contribution in [-0.4, -0.2) is 51.1 Å². The Morgan fingerprint density at radius 3 is 2.69 bits per heavy atom. The van der Waals surface area contributed by atoms with Crippen molar-refractivity contribution in [2.45, 2.75) is 37.8 Å². The number of amides is 1. The van der Waals surface area contributed by atoms with E-state index >= 15 is 0 Å². The number of carbonyl (C=O) groups excluding carboxylic acids is 1. The molecule has 1 aliphatic heterocycles. The largest absolute Gasteiger partial charge is 0.348 e. The van der Waals surface area contributed by atoms with Gasteiger partial charge in [0.05, 0.1) is 12.4 Å². The minimum atomic E-state index is -0.281. The van der Waals surface area contributed by atoms with Crippen LogP contribution in [0.3, 0.4) is 0 Å². The van der Waals surface area contributed by atoms with E-state index in [1.807, 2.05) is 31.8 Å². The molecule has 0 bridgehead atoms. The highest BCUT2D eigenvalue weighted by atomic mass is 16.2. The molecule has 2 aromatic heterocycles. The Hall–Kier alpha value is -2.41. The standard InChI is InChI=1S/C19H25N5O2/c1-12-6-18(25)15(9-24(12)13-4-5-13)19(26)21-16-10-22(2)8-14(16)17-7-20-11-23(17)3/h6-7,9,11,13-14,16H,4-5,8,10H2,1-3H3,(H,21,26)/t14-,16-/m1/s1. The van der Waals surface area contributed by atoms with Gasteiger partial charge in [0.15, 0.2) is 5.43 Å². The highest BCUT2D eigenvalue weighted by Crippen LogP contribution is 2.35. The minimum absolute atomic E-state index is 0.0435. The Kier molecular flexibility index (Phi) is 4.19. The van der Waals surface area contributed by atoms with E-state index in [1.165, 1.54) is 0 Å². The lowest BCUT2D eigenvalue weighted by Crippen LogP contribution is -2.41. The maximum absolute atomic E-state index is 12.9. The lowest BCUT2D eigenvalue weighted by molar-refractivity contribution is 0.0933. The molecule has 1 N–H and O–H groups in total. The van der Waals surface area contributed by atoms with Gasteiger partial charge in [0, 0.05) is 61.9 Å². The third kappa shape index (κ3) is 3.07. The van der Waals surface area contributed by atoms with Crippen molar-refractivity contribution in [3.8, 4) is 0 Å². The molecule has 7 nitrogen and oxygen atoms in total. The Labute approximate surface area is 152 Å². The van der Waals surface area contributed by atoms with Gasteiger partial charge in [-0.2, -0.15) is 0 Å². The molecule has 1 amide bonds. The summed E-state index contributed by atoms with van der Waals surface area (Å²) >= 11 is 0. The van der Waals surface area contributed by atoms with Crippen molar-refractivity contribution in [2.24, 2.45) is 7.05 Å². The van der Waals surface area contributed by atoms with E-state index < -0.39 is 0 Å². The average molecular weight is 355 g/mol. The van der Waals surface area contributed by atoms with Crippen LogP contribution in [0.1, 0.15) is 46.5 Å². The molecule has 0 spiro atoms. The van der Waals surface area contributed by atoms with Crippen LogP contribution in [0.4, 0.5) is 0 Å². The summed E-state index contributed by atoms with van der Waals surface area (Å²) in [5, 5.41) is 3.10. The first-order valence-corrected chi connectivity index (χ1v) is 9.12. The van der Waals surface area contributed by atoms with Crippen LogP contribution in [0.5, 0.6) is 0 Å². The van der Waals surface area contributed by atoms with E-state index in [1.54, 1.807) is 18.6 Å². The van der Waals surface area contributed by atoms with Gasteiger partial charge in [0.2, 0.25) is 0 Å². The fourth-order valence-electron chi connectivity index (χ4n) is 3.98. The van der Waals surface area contributed by atoms with Crippen molar-refractivity contribution in [1.82, 2.24) is 24.3 Å². The van der Waals surface area contributed by atoms with E-state index in [9.17, 15) is 9.59 Å². The van der Waals surface area contributed by atoms with Crippen molar-refractivity contribution in [2.75, 3.05) is 20.1 Å². The zero-order valence-electron chi connectivity index (χ0n) is 15.5. The highest BCUT2D eigenvalue weighted by molar-refractivity contribution is 5.94. The molecule has 1 saturated heterocycles. The first-order chi connectivity index (χ1) is 12.4. The number of likely N-dealkylation sites (N-methyl/N-ethyl adjacent to an activating group) is 1. The third-order valence-electron chi connectivity index (χ3n) is 5.52. The molecule has 2 atom stereocenters. The SMILES string of the molecule is Cc1cc(=O)c(C(=O)N[C@@H]2CN(C)C[C@H]2c2cncn2C)cn1C1CC1. The van der Waals surface area contributed by atoms with Crippen molar-refractivity contribution >= 4 is 5.91 Å². The van der Waals surface area contributed by atoms with Gasteiger partial charge in [-0.15, -0.1) is 0 Å². The minimum Gasteiger partial charge on any atom is -0.348 e. The Bertz CT molecular complexity index is 896. The fourth-order valence-corrected chi connectivity index (χ4v) is 3.98. The Morgan fingerprint density at radius 1 is 1.27 bits per heavy atom. The number of carbonyl (C=O) groups is 1. The van der Waals surface area contributed by atoms with Gasteiger partial charge in [0.25, 0.3) is 5.91 Å². The first-order valence-electron chi connectivity index (χ1n) is 9.12. The fraction of sp³-hybridized carbons (Fsp3) is 0.526. The summed E-state index contributed by atoms with van der Waals surface area (Å²) in [4.78, 5) is 31.6. The van der Waals surface area contributed by atoms with Crippen LogP contribution in [0, 0.1) is 6.92 Å². The molecule has 138 valence electrons. The number of aryl methyl sites for hydroxylation is 2. The number of likely N-dealkylation sites (tertiary alicyclic amines) is 1. The van der Waals surface area contributed by atoms with Gasteiger partial charge in [-0.05, 0) is 26.8 Å². The molecule has 4 rings (SSSR count). The van der Waals surface area contributed by atoms with Gasteiger partial charge >= 0.3 is 0 Å². The second-order valence-corrected chi connectivity index (χ2v) is 7.67. The molecule has 0 radical (unpaired) electrons. The molecule has 2 aliphatic rings. The number of aromatic nitrogens is 3. The van der Waals surface area contributed by atoms with Crippen LogP contribution in [0.2, 0.25) is 0 Å². The number of imidazole rings is 1. The summed E-state index contributed by atoms with van der Waals surface area (Å²) in [5.74, 6) is -0.121. The molecule has 26 heavy (non-hydrogen) atoms. The first kappa shape index (κ1) is 17.0. The summed E-state index contributed by atoms with van der Waals surface area (Å²) in [6.45, 7) is 3.53. The third-order valence-corrected chi connectivity index (χ3v) is 5.52. The molecular formula is C19H25N5O2. The number of pyridine rings is 1. The summed E-state index contributed by atoms with van der Waals surface area (Å²) in [7, 11) is 4.01. The van der Waals surface area contributed by atoms with E-state index in [0.717, 1.165) is 37.3 Å². The lowest BCUT2D eigenvalue weighted by atomic mass is 9.99. The van der Waals surface area contributed by atoms with Gasteiger partial charge in [-0.1, -0.05) is 0 Å². The topological polar surface area (TPSA) is 72.2 Å². The van der Waals surface area contributed by atoms with E-state index in [4.69, 9.17) is 0 Å². The van der Waals surface area contributed by atoms with Crippen LogP contribution < -0.4 is 10.7 Å². The summed E-state index contributed by atoms with van der Waals surface area (Å²) in [6, 6.07) is 1.96. The zero-order valence-corrected chi connectivity index (χ0v) is 15.5. The molecular weight excluding hydrogens is 330 g/mol.